The zero-order valence-corrected chi connectivity index (χ0v) is 11.6. The van der Waals surface area contributed by atoms with E-state index in [1.807, 2.05) is 26.0 Å². The predicted molar refractivity (Wildman–Crippen MR) is 71.7 cm³/mol. The van der Waals surface area contributed by atoms with Crippen molar-refractivity contribution in [2.75, 3.05) is 13.7 Å². The minimum Gasteiger partial charge on any atom is -0.475 e. The van der Waals surface area contributed by atoms with Crippen LogP contribution < -0.4 is 15.8 Å². The molecule has 0 fully saturated rings. The molecule has 0 aliphatic carbocycles. The fourth-order valence-corrected chi connectivity index (χ4v) is 1.53. The molecule has 0 saturated heterocycles. The number of nitrogens with two attached hydrogens (primary N) is 1. The molecule has 1 aromatic heterocycles. The highest BCUT2D eigenvalue weighted by Crippen LogP contribution is 2.15. The second kappa shape index (κ2) is 7.70. The smallest absolute Gasteiger partial charge is 0.324 e. The molecule has 1 rings (SSSR count). The second-order valence-corrected chi connectivity index (χ2v) is 4.33. The maximum absolute atomic E-state index is 11.4. The summed E-state index contributed by atoms with van der Waals surface area (Å²) in [5.41, 5.74) is 6.40. The molecule has 6 heteroatoms. The van der Waals surface area contributed by atoms with Gasteiger partial charge in [0.05, 0.1) is 13.2 Å². The summed E-state index contributed by atoms with van der Waals surface area (Å²) in [6.07, 6.45) is 1.71. The van der Waals surface area contributed by atoms with Crippen molar-refractivity contribution in [3.8, 4) is 5.88 Å². The third-order valence-electron chi connectivity index (χ3n) is 2.46. The van der Waals surface area contributed by atoms with Gasteiger partial charge in [-0.1, -0.05) is 6.07 Å². The van der Waals surface area contributed by atoms with E-state index < -0.39 is 6.04 Å². The van der Waals surface area contributed by atoms with Crippen molar-refractivity contribution in [2.45, 2.75) is 32.5 Å². The summed E-state index contributed by atoms with van der Waals surface area (Å²) < 4.78 is 10.3. The van der Waals surface area contributed by atoms with Crippen LogP contribution >= 0.6 is 0 Å². The number of carbonyl (C=O) groups excluding carboxylic acids is 1. The second-order valence-electron chi connectivity index (χ2n) is 4.33. The van der Waals surface area contributed by atoms with Crippen molar-refractivity contribution in [3.63, 3.8) is 0 Å². The van der Waals surface area contributed by atoms with E-state index in [-0.39, 0.29) is 18.6 Å². The number of rotatable bonds is 7. The number of nitrogens with zero attached hydrogens (tertiary/aromatic N) is 1. The summed E-state index contributed by atoms with van der Waals surface area (Å²) in [6.45, 7) is 4.48. The molecular formula is C13H21N3O3. The Morgan fingerprint density at radius 1 is 1.53 bits per heavy atom. The molecule has 0 radical (unpaired) electrons. The van der Waals surface area contributed by atoms with Crippen LogP contribution in [0.25, 0.3) is 0 Å². The molecule has 0 bridgehead atoms. The minimum atomic E-state index is -0.530. The number of nitrogens with one attached hydrogen (secondary N) is 1. The molecule has 0 saturated carbocycles. The molecule has 1 unspecified atom stereocenters. The average Bonchev–Trinajstić information content (AvgIpc) is 2.40. The summed E-state index contributed by atoms with van der Waals surface area (Å²) in [5, 5.41) is 3.03. The van der Waals surface area contributed by atoms with Crippen LogP contribution in [0.3, 0.4) is 0 Å². The number of esters is 1. The van der Waals surface area contributed by atoms with Gasteiger partial charge in [0.1, 0.15) is 6.04 Å². The first-order valence-corrected chi connectivity index (χ1v) is 6.20. The third kappa shape index (κ3) is 4.84. The van der Waals surface area contributed by atoms with Gasteiger partial charge in [0.2, 0.25) is 5.88 Å². The molecular weight excluding hydrogens is 246 g/mol. The lowest BCUT2D eigenvalue weighted by Gasteiger charge is -2.16. The molecule has 106 valence electrons. The van der Waals surface area contributed by atoms with Gasteiger partial charge >= 0.3 is 5.97 Å². The number of methoxy groups -OCH3 is 1. The van der Waals surface area contributed by atoms with Gasteiger partial charge in [-0.15, -0.1) is 0 Å². The monoisotopic (exact) mass is 267 g/mol. The van der Waals surface area contributed by atoms with Crippen LogP contribution in [-0.4, -0.2) is 36.8 Å². The van der Waals surface area contributed by atoms with Crippen molar-refractivity contribution in [1.29, 1.82) is 0 Å². The highest BCUT2D eigenvalue weighted by molar-refractivity contribution is 5.75. The fourth-order valence-electron chi connectivity index (χ4n) is 1.53. The summed E-state index contributed by atoms with van der Waals surface area (Å²) in [7, 11) is 1.34. The number of pyridine rings is 1. The van der Waals surface area contributed by atoms with Crippen LogP contribution in [0.5, 0.6) is 5.88 Å². The van der Waals surface area contributed by atoms with E-state index in [0.29, 0.717) is 12.4 Å². The topological polar surface area (TPSA) is 86.5 Å². The average molecular weight is 267 g/mol. The molecule has 3 N–H and O–H groups in total. The van der Waals surface area contributed by atoms with E-state index in [9.17, 15) is 4.79 Å². The van der Waals surface area contributed by atoms with Crippen LogP contribution in [0.4, 0.5) is 0 Å². The normalized spacial score (nSPS) is 12.3. The third-order valence-corrected chi connectivity index (χ3v) is 2.46. The van der Waals surface area contributed by atoms with Crippen LogP contribution in [0, 0.1) is 0 Å². The van der Waals surface area contributed by atoms with Crippen molar-refractivity contribution in [2.24, 2.45) is 5.73 Å². The first-order chi connectivity index (χ1) is 9.08. The number of ether oxygens (including phenoxy) is 2. The Kier molecular flexibility index (Phi) is 6.24. The molecule has 0 aromatic carbocycles. The standard InChI is InChI=1S/C13H21N3O3/c1-9(2)19-12-10(5-4-6-15-12)8-16-11(7-14)13(17)18-3/h4-6,9,11,16H,7-8,14H2,1-3H3. The van der Waals surface area contributed by atoms with Gasteiger partial charge in [0.25, 0.3) is 0 Å². The van der Waals surface area contributed by atoms with Gasteiger partial charge < -0.3 is 15.2 Å². The largest absolute Gasteiger partial charge is 0.475 e. The molecule has 0 amide bonds. The number of hydrogen-bond acceptors (Lipinski definition) is 6. The first kappa shape index (κ1) is 15.4. The zero-order valence-electron chi connectivity index (χ0n) is 11.6. The number of hydrogen-bond donors (Lipinski definition) is 2. The summed E-state index contributed by atoms with van der Waals surface area (Å²) in [5.74, 6) is 0.184. The summed E-state index contributed by atoms with van der Waals surface area (Å²) in [4.78, 5) is 15.6. The maximum atomic E-state index is 11.4. The van der Waals surface area contributed by atoms with Crippen LogP contribution in [0.15, 0.2) is 18.3 Å². The van der Waals surface area contributed by atoms with Crippen LogP contribution in [0.1, 0.15) is 19.4 Å². The Hall–Kier alpha value is -1.66. The Labute approximate surface area is 113 Å². The highest BCUT2D eigenvalue weighted by atomic mass is 16.5. The molecule has 0 aliphatic rings. The highest BCUT2D eigenvalue weighted by Gasteiger charge is 2.17. The molecule has 19 heavy (non-hydrogen) atoms. The van der Waals surface area contributed by atoms with Gasteiger partial charge in [0, 0.05) is 24.8 Å². The van der Waals surface area contributed by atoms with Crippen molar-refractivity contribution in [1.82, 2.24) is 10.3 Å². The van der Waals surface area contributed by atoms with Gasteiger partial charge in [0.15, 0.2) is 0 Å². The maximum Gasteiger partial charge on any atom is 0.324 e. The van der Waals surface area contributed by atoms with E-state index in [1.165, 1.54) is 7.11 Å². The van der Waals surface area contributed by atoms with Gasteiger partial charge in [-0.2, -0.15) is 0 Å². The van der Waals surface area contributed by atoms with Crippen LogP contribution in [0.2, 0.25) is 0 Å². The quantitative estimate of drug-likeness (QED) is 0.698. The number of aromatic nitrogens is 1. The van der Waals surface area contributed by atoms with Gasteiger partial charge in [-0.3, -0.25) is 10.1 Å². The first-order valence-electron chi connectivity index (χ1n) is 6.20. The Bertz CT molecular complexity index is 410. The fraction of sp³-hybridized carbons (Fsp3) is 0.538. The van der Waals surface area contributed by atoms with Crippen molar-refractivity contribution in [3.05, 3.63) is 23.9 Å². The van der Waals surface area contributed by atoms with Crippen molar-refractivity contribution >= 4 is 5.97 Å². The molecule has 0 aliphatic heterocycles. The lowest BCUT2D eigenvalue weighted by molar-refractivity contribution is -0.142. The zero-order chi connectivity index (χ0) is 14.3. The summed E-state index contributed by atoms with van der Waals surface area (Å²) in [6, 6.07) is 3.18. The molecule has 1 aromatic rings. The number of carbonyl (C=O) groups is 1. The predicted octanol–water partition coefficient (Wildman–Crippen LogP) is 0.459. The lowest BCUT2D eigenvalue weighted by atomic mass is 10.2. The summed E-state index contributed by atoms with van der Waals surface area (Å²) >= 11 is 0. The van der Waals surface area contributed by atoms with E-state index in [4.69, 9.17) is 10.5 Å². The molecule has 0 spiro atoms. The van der Waals surface area contributed by atoms with Crippen molar-refractivity contribution < 1.29 is 14.3 Å². The molecule has 6 nitrogen and oxygen atoms in total. The molecule has 1 atom stereocenters. The Morgan fingerprint density at radius 3 is 2.84 bits per heavy atom. The van der Waals surface area contributed by atoms with Gasteiger partial charge in [-0.05, 0) is 19.9 Å². The Morgan fingerprint density at radius 2 is 2.26 bits per heavy atom. The van der Waals surface area contributed by atoms with E-state index in [0.717, 1.165) is 5.56 Å². The SMILES string of the molecule is COC(=O)C(CN)NCc1cccnc1OC(C)C. The van der Waals surface area contributed by atoms with E-state index in [2.05, 4.69) is 15.0 Å². The minimum absolute atomic E-state index is 0.0413. The van der Waals surface area contributed by atoms with E-state index in [1.54, 1.807) is 6.20 Å². The van der Waals surface area contributed by atoms with E-state index >= 15 is 0 Å². The van der Waals surface area contributed by atoms with Gasteiger partial charge in [-0.25, -0.2) is 4.98 Å². The Balaban J connectivity index is 2.68. The lowest BCUT2D eigenvalue weighted by Crippen LogP contribution is -2.43. The van der Waals surface area contributed by atoms with Crippen LogP contribution in [-0.2, 0) is 16.1 Å². The molecule has 1 heterocycles.